The molecule has 0 bridgehead atoms. The Hall–Kier alpha value is -2.08. The average Bonchev–Trinajstić information content (AvgIpc) is 2.42. The van der Waals surface area contributed by atoms with Crippen molar-refractivity contribution in [3.05, 3.63) is 29.8 Å². The third-order valence-corrected chi connectivity index (χ3v) is 2.65. The number of esters is 1. The van der Waals surface area contributed by atoms with Gasteiger partial charge in [0, 0.05) is 17.8 Å². The van der Waals surface area contributed by atoms with E-state index >= 15 is 0 Å². The number of hydrogen-bond acceptors (Lipinski definition) is 5. The zero-order valence-corrected chi connectivity index (χ0v) is 10.9. The van der Waals surface area contributed by atoms with Gasteiger partial charge in [-0.25, -0.2) is 0 Å². The first kappa shape index (κ1) is 15.0. The highest BCUT2D eigenvalue weighted by atomic mass is 16.5. The Morgan fingerprint density at radius 1 is 1.32 bits per heavy atom. The minimum Gasteiger partial charge on any atom is -0.468 e. The molecule has 1 aromatic rings. The summed E-state index contributed by atoms with van der Waals surface area (Å²) in [6.07, 6.45) is 1.08. The Bertz CT molecular complexity index is 431. The van der Waals surface area contributed by atoms with Gasteiger partial charge in [0.25, 0.3) is 5.91 Å². The maximum Gasteiger partial charge on any atom is 0.322 e. The van der Waals surface area contributed by atoms with E-state index in [0.717, 1.165) is 0 Å². The molecule has 6 heteroatoms. The third kappa shape index (κ3) is 4.97. The summed E-state index contributed by atoms with van der Waals surface area (Å²) in [5, 5.41) is 2.74. The Labute approximate surface area is 112 Å². The molecule has 104 valence electrons. The Balaban J connectivity index is 2.28. The minimum atomic E-state index is -0.640. The summed E-state index contributed by atoms with van der Waals surface area (Å²) in [6, 6.07) is 6.01. The van der Waals surface area contributed by atoms with E-state index in [0.29, 0.717) is 30.6 Å². The van der Waals surface area contributed by atoms with Crippen LogP contribution in [0.4, 0.5) is 5.69 Å². The molecular formula is C13H19N3O3. The predicted octanol–water partition coefficient (Wildman–Crippen LogP) is 0.279. The zero-order valence-electron chi connectivity index (χ0n) is 10.9. The second kappa shape index (κ2) is 7.38. The number of methoxy groups -OCH3 is 1. The number of ether oxygens (including phenoxy) is 1. The van der Waals surface area contributed by atoms with E-state index in [4.69, 9.17) is 11.5 Å². The van der Waals surface area contributed by atoms with Crippen molar-refractivity contribution in [3.8, 4) is 0 Å². The molecule has 0 aliphatic carbocycles. The van der Waals surface area contributed by atoms with Crippen LogP contribution in [0.5, 0.6) is 0 Å². The standard InChI is InChI=1S/C13H19N3O3/c1-19-13(18)11(15)3-2-8-16-12(17)9-4-6-10(14)7-5-9/h4-7,11H,2-3,8,14-15H2,1H3,(H,16,17)/t11-/m0/s1. The molecule has 0 heterocycles. The topological polar surface area (TPSA) is 107 Å². The molecule has 5 N–H and O–H groups in total. The number of carbonyl (C=O) groups is 2. The number of nitrogen functional groups attached to an aromatic ring is 1. The van der Waals surface area contributed by atoms with Gasteiger partial charge < -0.3 is 21.5 Å². The number of benzene rings is 1. The van der Waals surface area contributed by atoms with E-state index in [9.17, 15) is 9.59 Å². The van der Waals surface area contributed by atoms with E-state index in [-0.39, 0.29) is 5.91 Å². The summed E-state index contributed by atoms with van der Waals surface area (Å²) in [6.45, 7) is 0.452. The number of rotatable bonds is 6. The molecule has 1 amide bonds. The highest BCUT2D eigenvalue weighted by Gasteiger charge is 2.13. The highest BCUT2D eigenvalue weighted by molar-refractivity contribution is 5.94. The lowest BCUT2D eigenvalue weighted by Crippen LogP contribution is -2.33. The molecule has 0 fully saturated rings. The van der Waals surface area contributed by atoms with Crippen LogP contribution in [0.25, 0.3) is 0 Å². The molecular weight excluding hydrogens is 246 g/mol. The normalized spacial score (nSPS) is 11.7. The van der Waals surface area contributed by atoms with E-state index < -0.39 is 12.0 Å². The lowest BCUT2D eigenvalue weighted by Gasteiger charge is -2.09. The van der Waals surface area contributed by atoms with Crippen LogP contribution in [-0.2, 0) is 9.53 Å². The van der Waals surface area contributed by atoms with Gasteiger partial charge in [-0.15, -0.1) is 0 Å². The number of hydrogen-bond donors (Lipinski definition) is 3. The summed E-state index contributed by atoms with van der Waals surface area (Å²) in [4.78, 5) is 22.8. The molecule has 0 aromatic heterocycles. The molecule has 0 saturated carbocycles. The van der Waals surface area contributed by atoms with Crippen LogP contribution < -0.4 is 16.8 Å². The van der Waals surface area contributed by atoms with Crippen molar-refractivity contribution in [3.63, 3.8) is 0 Å². The van der Waals surface area contributed by atoms with Crippen LogP contribution in [0.2, 0.25) is 0 Å². The number of carbonyl (C=O) groups excluding carboxylic acids is 2. The second-order valence-electron chi connectivity index (χ2n) is 4.15. The van der Waals surface area contributed by atoms with Crippen LogP contribution in [0, 0.1) is 0 Å². The summed E-state index contributed by atoms with van der Waals surface area (Å²) in [7, 11) is 1.30. The zero-order chi connectivity index (χ0) is 14.3. The largest absolute Gasteiger partial charge is 0.468 e. The second-order valence-corrected chi connectivity index (χ2v) is 4.15. The van der Waals surface area contributed by atoms with Crippen molar-refractivity contribution >= 4 is 17.6 Å². The van der Waals surface area contributed by atoms with E-state index in [1.165, 1.54) is 7.11 Å². The van der Waals surface area contributed by atoms with Gasteiger partial charge >= 0.3 is 5.97 Å². The Morgan fingerprint density at radius 2 is 1.95 bits per heavy atom. The molecule has 0 aliphatic heterocycles. The van der Waals surface area contributed by atoms with Gasteiger partial charge in [-0.2, -0.15) is 0 Å². The first-order valence-corrected chi connectivity index (χ1v) is 6.01. The highest BCUT2D eigenvalue weighted by Crippen LogP contribution is 2.05. The smallest absolute Gasteiger partial charge is 0.322 e. The fraction of sp³-hybridized carbons (Fsp3) is 0.385. The Kier molecular flexibility index (Phi) is 5.81. The quantitative estimate of drug-likeness (QED) is 0.389. The lowest BCUT2D eigenvalue weighted by atomic mass is 10.1. The fourth-order valence-electron chi connectivity index (χ4n) is 1.53. The van der Waals surface area contributed by atoms with Crippen molar-refractivity contribution in [2.75, 3.05) is 19.4 Å². The molecule has 1 atom stereocenters. The monoisotopic (exact) mass is 265 g/mol. The van der Waals surface area contributed by atoms with Gasteiger partial charge in [0.05, 0.1) is 7.11 Å². The van der Waals surface area contributed by atoms with E-state index in [1.54, 1.807) is 24.3 Å². The fourth-order valence-corrected chi connectivity index (χ4v) is 1.53. The van der Waals surface area contributed by atoms with Gasteiger partial charge in [-0.05, 0) is 37.1 Å². The van der Waals surface area contributed by atoms with Gasteiger partial charge in [-0.3, -0.25) is 9.59 Å². The first-order chi connectivity index (χ1) is 9.04. The SMILES string of the molecule is COC(=O)[C@@H](N)CCCNC(=O)c1ccc(N)cc1. The maximum absolute atomic E-state index is 11.7. The molecule has 19 heavy (non-hydrogen) atoms. The number of nitrogens with one attached hydrogen (secondary N) is 1. The summed E-state index contributed by atoms with van der Waals surface area (Å²) >= 11 is 0. The van der Waals surface area contributed by atoms with Crippen LogP contribution in [-0.4, -0.2) is 31.6 Å². The molecule has 1 aromatic carbocycles. The third-order valence-electron chi connectivity index (χ3n) is 2.65. The molecule has 0 spiro atoms. The summed E-state index contributed by atoms with van der Waals surface area (Å²) in [5.41, 5.74) is 12.3. The number of amides is 1. The number of nitrogens with two attached hydrogens (primary N) is 2. The number of anilines is 1. The van der Waals surface area contributed by atoms with Gasteiger partial charge in [0.15, 0.2) is 0 Å². The van der Waals surface area contributed by atoms with Crippen LogP contribution in [0.3, 0.4) is 0 Å². The van der Waals surface area contributed by atoms with Crippen molar-refractivity contribution in [2.45, 2.75) is 18.9 Å². The molecule has 0 aliphatic rings. The van der Waals surface area contributed by atoms with Gasteiger partial charge in [0.1, 0.15) is 6.04 Å². The van der Waals surface area contributed by atoms with Crippen LogP contribution >= 0.6 is 0 Å². The van der Waals surface area contributed by atoms with Gasteiger partial charge in [0.2, 0.25) is 0 Å². The van der Waals surface area contributed by atoms with E-state index in [1.807, 2.05) is 0 Å². The average molecular weight is 265 g/mol. The van der Waals surface area contributed by atoms with Crippen molar-refractivity contribution < 1.29 is 14.3 Å². The van der Waals surface area contributed by atoms with Crippen molar-refractivity contribution in [2.24, 2.45) is 5.73 Å². The molecule has 0 radical (unpaired) electrons. The molecule has 0 unspecified atom stereocenters. The molecule has 6 nitrogen and oxygen atoms in total. The first-order valence-electron chi connectivity index (χ1n) is 6.01. The maximum atomic E-state index is 11.7. The van der Waals surface area contributed by atoms with Crippen LogP contribution in [0.1, 0.15) is 23.2 Å². The van der Waals surface area contributed by atoms with Gasteiger partial charge in [-0.1, -0.05) is 0 Å². The van der Waals surface area contributed by atoms with Crippen molar-refractivity contribution in [1.82, 2.24) is 5.32 Å². The molecule has 1 rings (SSSR count). The lowest BCUT2D eigenvalue weighted by molar-refractivity contribution is -0.142. The van der Waals surface area contributed by atoms with E-state index in [2.05, 4.69) is 10.1 Å². The van der Waals surface area contributed by atoms with Crippen LogP contribution in [0.15, 0.2) is 24.3 Å². The Morgan fingerprint density at radius 3 is 2.53 bits per heavy atom. The molecule has 0 saturated heterocycles. The summed E-state index contributed by atoms with van der Waals surface area (Å²) < 4.78 is 4.51. The van der Waals surface area contributed by atoms with Crippen molar-refractivity contribution in [1.29, 1.82) is 0 Å². The summed E-state index contributed by atoms with van der Waals surface area (Å²) in [5.74, 6) is -0.614. The predicted molar refractivity (Wildman–Crippen MR) is 72.4 cm³/mol. The minimum absolute atomic E-state index is 0.174.